The Hall–Kier alpha value is -2.87. The van der Waals surface area contributed by atoms with E-state index in [9.17, 15) is 18.0 Å². The van der Waals surface area contributed by atoms with Crippen molar-refractivity contribution in [3.05, 3.63) is 54.1 Å². The van der Waals surface area contributed by atoms with Crippen molar-refractivity contribution in [2.75, 3.05) is 16.9 Å². The third kappa shape index (κ3) is 4.55. The van der Waals surface area contributed by atoms with Crippen LogP contribution < -0.4 is 16.4 Å². The molecule has 2 rings (SSSR count). The van der Waals surface area contributed by atoms with Crippen LogP contribution in [0.3, 0.4) is 0 Å². The number of nitrogens with one attached hydrogen (secondary N) is 2. The molecular weight excluding hydrogens is 318 g/mol. The molecule has 4 N–H and O–H groups in total. The maximum Gasteiger partial charge on any atom is 0.316 e. The number of carbonyl (C=O) groups excluding carboxylic acids is 2. The first-order valence-electron chi connectivity index (χ1n) is 6.54. The number of carbonyl (C=O) groups is 2. The average Bonchev–Trinajstić information content (AvgIpc) is 2.46. The molecule has 0 aromatic heterocycles. The Balaban J connectivity index is 2.21. The van der Waals surface area contributed by atoms with Crippen LogP contribution in [0.4, 0.5) is 16.2 Å². The molecule has 0 unspecified atom stereocenters. The Bertz CT molecular complexity index is 863. The van der Waals surface area contributed by atoms with Crippen LogP contribution in [0.15, 0.2) is 53.4 Å². The molecule has 23 heavy (non-hydrogen) atoms. The topological polar surface area (TPSA) is 118 Å². The van der Waals surface area contributed by atoms with Gasteiger partial charge in [0.2, 0.25) is 0 Å². The lowest BCUT2D eigenvalue weighted by Crippen LogP contribution is -2.19. The van der Waals surface area contributed by atoms with Crippen molar-refractivity contribution in [1.29, 1.82) is 0 Å². The smallest absolute Gasteiger partial charge is 0.316 e. The molecule has 2 aromatic carbocycles. The molecule has 0 aliphatic rings. The zero-order valence-corrected chi connectivity index (χ0v) is 13.1. The minimum absolute atomic E-state index is 0.111. The first kappa shape index (κ1) is 16.5. The molecule has 0 saturated heterocycles. The van der Waals surface area contributed by atoms with Gasteiger partial charge in [0.1, 0.15) is 0 Å². The summed E-state index contributed by atoms with van der Waals surface area (Å²) >= 11 is 0. The Labute approximate surface area is 133 Å². The van der Waals surface area contributed by atoms with E-state index < -0.39 is 21.8 Å². The van der Waals surface area contributed by atoms with E-state index in [4.69, 9.17) is 5.73 Å². The SMILES string of the molecule is CS(=O)(=O)c1cccc(NC(=O)c2cccc(NC(N)=O)c2)c1. The second-order valence-electron chi connectivity index (χ2n) is 4.82. The van der Waals surface area contributed by atoms with Gasteiger partial charge in [-0.1, -0.05) is 12.1 Å². The first-order chi connectivity index (χ1) is 10.8. The van der Waals surface area contributed by atoms with Crippen molar-refractivity contribution in [2.24, 2.45) is 5.73 Å². The van der Waals surface area contributed by atoms with E-state index >= 15 is 0 Å². The van der Waals surface area contributed by atoms with Gasteiger partial charge in [0.05, 0.1) is 4.90 Å². The van der Waals surface area contributed by atoms with Gasteiger partial charge in [0.25, 0.3) is 5.91 Å². The van der Waals surface area contributed by atoms with Crippen LogP contribution in [0.5, 0.6) is 0 Å². The summed E-state index contributed by atoms with van der Waals surface area (Å²) in [7, 11) is -3.36. The standard InChI is InChI=1S/C15H15N3O4S/c1-23(21,22)13-7-3-6-12(9-13)17-14(19)10-4-2-5-11(8-10)18-15(16)20/h2-9H,1H3,(H,17,19)(H3,16,18,20). The summed E-state index contributed by atoms with van der Waals surface area (Å²) in [5, 5.41) is 4.98. The zero-order valence-electron chi connectivity index (χ0n) is 12.2. The van der Waals surface area contributed by atoms with Crippen molar-refractivity contribution < 1.29 is 18.0 Å². The van der Waals surface area contributed by atoms with E-state index in [-0.39, 0.29) is 4.90 Å². The van der Waals surface area contributed by atoms with Gasteiger partial charge in [-0.25, -0.2) is 13.2 Å². The van der Waals surface area contributed by atoms with E-state index in [1.54, 1.807) is 24.3 Å². The zero-order chi connectivity index (χ0) is 17.0. The van der Waals surface area contributed by atoms with Gasteiger partial charge in [-0.15, -0.1) is 0 Å². The minimum Gasteiger partial charge on any atom is -0.351 e. The number of nitrogens with two attached hydrogens (primary N) is 1. The molecule has 0 fully saturated rings. The van der Waals surface area contributed by atoms with Crippen molar-refractivity contribution in [3.63, 3.8) is 0 Å². The van der Waals surface area contributed by atoms with Crippen LogP contribution in [0.25, 0.3) is 0 Å². The van der Waals surface area contributed by atoms with E-state index in [0.29, 0.717) is 16.9 Å². The number of amides is 3. The Morgan fingerprint density at radius 3 is 2.17 bits per heavy atom. The summed E-state index contributed by atoms with van der Waals surface area (Å²) in [5.74, 6) is -0.441. The highest BCUT2D eigenvalue weighted by molar-refractivity contribution is 7.90. The Kier molecular flexibility index (Phi) is 4.65. The van der Waals surface area contributed by atoms with Gasteiger partial charge < -0.3 is 16.4 Å². The van der Waals surface area contributed by atoms with Gasteiger partial charge >= 0.3 is 6.03 Å². The maximum absolute atomic E-state index is 12.2. The number of urea groups is 1. The average molecular weight is 333 g/mol. The molecule has 120 valence electrons. The highest BCUT2D eigenvalue weighted by Gasteiger charge is 2.11. The molecule has 0 heterocycles. The van der Waals surface area contributed by atoms with Gasteiger partial charge in [0.15, 0.2) is 9.84 Å². The van der Waals surface area contributed by atoms with E-state index in [0.717, 1.165) is 6.26 Å². The fourth-order valence-corrected chi connectivity index (χ4v) is 2.56. The largest absolute Gasteiger partial charge is 0.351 e. The first-order valence-corrected chi connectivity index (χ1v) is 8.43. The number of rotatable bonds is 4. The van der Waals surface area contributed by atoms with E-state index in [1.807, 2.05) is 0 Å². The lowest BCUT2D eigenvalue weighted by Gasteiger charge is -2.08. The maximum atomic E-state index is 12.2. The minimum atomic E-state index is -3.36. The lowest BCUT2D eigenvalue weighted by molar-refractivity contribution is 0.102. The number of sulfone groups is 1. The number of hydrogen-bond acceptors (Lipinski definition) is 4. The molecule has 0 atom stereocenters. The summed E-state index contributed by atoms with van der Waals surface area (Å²) < 4.78 is 23.0. The van der Waals surface area contributed by atoms with Crippen LogP contribution in [0.2, 0.25) is 0 Å². The molecule has 0 bridgehead atoms. The molecule has 3 amide bonds. The monoisotopic (exact) mass is 333 g/mol. The second kappa shape index (κ2) is 6.49. The predicted octanol–water partition coefficient (Wildman–Crippen LogP) is 1.83. The summed E-state index contributed by atoms with van der Waals surface area (Å²) in [5.41, 5.74) is 6.05. The van der Waals surface area contributed by atoms with Crippen molar-refractivity contribution in [2.45, 2.75) is 4.90 Å². The lowest BCUT2D eigenvalue weighted by atomic mass is 10.2. The van der Waals surface area contributed by atoms with Crippen LogP contribution in [0.1, 0.15) is 10.4 Å². The molecule has 0 saturated carbocycles. The van der Waals surface area contributed by atoms with Gasteiger partial charge in [-0.05, 0) is 36.4 Å². The second-order valence-corrected chi connectivity index (χ2v) is 6.84. The van der Waals surface area contributed by atoms with E-state index in [2.05, 4.69) is 10.6 Å². The summed E-state index contributed by atoms with van der Waals surface area (Å²) in [4.78, 5) is 23.1. The number of hydrogen-bond donors (Lipinski definition) is 3. The quantitative estimate of drug-likeness (QED) is 0.791. The highest BCUT2D eigenvalue weighted by Crippen LogP contribution is 2.17. The molecule has 8 heteroatoms. The number of primary amides is 1. The van der Waals surface area contributed by atoms with Crippen LogP contribution in [-0.2, 0) is 9.84 Å². The number of benzene rings is 2. The molecule has 0 aliphatic carbocycles. The molecule has 0 aliphatic heterocycles. The van der Waals surface area contributed by atoms with E-state index in [1.165, 1.54) is 24.3 Å². The highest BCUT2D eigenvalue weighted by atomic mass is 32.2. The Morgan fingerprint density at radius 2 is 1.57 bits per heavy atom. The van der Waals surface area contributed by atoms with Crippen molar-refractivity contribution in [3.8, 4) is 0 Å². The fraction of sp³-hybridized carbons (Fsp3) is 0.0667. The third-order valence-electron chi connectivity index (χ3n) is 2.91. The Morgan fingerprint density at radius 1 is 0.957 bits per heavy atom. The molecule has 7 nitrogen and oxygen atoms in total. The molecular formula is C15H15N3O4S. The molecule has 0 radical (unpaired) electrons. The summed E-state index contributed by atoms with van der Waals surface area (Å²) in [6.07, 6.45) is 1.09. The van der Waals surface area contributed by atoms with Crippen molar-refractivity contribution in [1.82, 2.24) is 0 Å². The van der Waals surface area contributed by atoms with Crippen LogP contribution >= 0.6 is 0 Å². The molecule has 2 aromatic rings. The summed E-state index contributed by atoms with van der Waals surface area (Å²) in [6.45, 7) is 0. The summed E-state index contributed by atoms with van der Waals surface area (Å²) in [6, 6.07) is 11.4. The number of anilines is 2. The van der Waals surface area contributed by atoms with Crippen LogP contribution in [-0.4, -0.2) is 26.6 Å². The molecule has 0 spiro atoms. The van der Waals surface area contributed by atoms with Crippen LogP contribution in [0, 0.1) is 0 Å². The van der Waals surface area contributed by atoms with Crippen molar-refractivity contribution >= 4 is 33.2 Å². The van der Waals surface area contributed by atoms with Gasteiger partial charge in [-0.2, -0.15) is 0 Å². The predicted molar refractivity (Wildman–Crippen MR) is 87.2 cm³/mol. The normalized spacial score (nSPS) is 10.8. The third-order valence-corrected chi connectivity index (χ3v) is 4.02. The van der Waals surface area contributed by atoms with Gasteiger partial charge in [0, 0.05) is 23.2 Å². The fourth-order valence-electron chi connectivity index (χ4n) is 1.89. The van der Waals surface area contributed by atoms with Gasteiger partial charge in [-0.3, -0.25) is 4.79 Å².